The number of aromatic nitrogens is 5. The van der Waals surface area contributed by atoms with Crippen molar-refractivity contribution in [2.45, 2.75) is 0 Å². The van der Waals surface area contributed by atoms with Gasteiger partial charge in [0.05, 0.1) is 22.1 Å². The SMILES string of the molecule is c1ccc(-c2cccc3c2oc2cc(-c4nc(-c5cccc(-n6c7ccccc7c7ccc8c9ccccc9n(-c9ccccc9)c8c76)c5)nc(-c5cccc6sc7ccccc7c56)n4)ccc23)cc1. The summed E-state index contributed by atoms with van der Waals surface area (Å²) < 4.78 is 14.0. The second kappa shape index (κ2) is 15.2. The first kappa shape index (κ1) is 38.9. The van der Waals surface area contributed by atoms with Gasteiger partial charge in [0.2, 0.25) is 0 Å². The molecule has 0 amide bonds. The molecule has 0 atom stereocenters. The van der Waals surface area contributed by atoms with Crippen molar-refractivity contribution in [1.29, 1.82) is 0 Å². The molecular formula is C63H37N5OS. The van der Waals surface area contributed by atoms with Gasteiger partial charge in [0.15, 0.2) is 17.5 Å². The standard InChI is InChI=1S/C63H37N5OS/c1-3-16-38(17-4-1)43-25-14-26-49-46-33-32-40(37-54(46)69-60(43)49)62-64-61(65-63(66-62)51-27-15-31-56-57(51)50-24-9-12-30-55(50)70-56)39-18-13-21-42(36-39)68-53-29-11-8-23-45(53)48-35-34-47-44-22-7-10-28-52(44)67(58(47)59(48)68)41-19-5-2-6-20-41/h1-37H. The molecule has 10 aromatic carbocycles. The highest BCUT2D eigenvalue weighted by Crippen LogP contribution is 2.44. The molecule has 70 heavy (non-hydrogen) atoms. The summed E-state index contributed by atoms with van der Waals surface area (Å²) in [6.45, 7) is 0. The molecule has 0 N–H and O–H groups in total. The second-order valence-corrected chi connectivity index (χ2v) is 19.0. The fourth-order valence-electron chi connectivity index (χ4n) is 10.9. The lowest BCUT2D eigenvalue weighted by Crippen LogP contribution is -2.02. The van der Waals surface area contributed by atoms with Gasteiger partial charge in [-0.15, -0.1) is 11.3 Å². The minimum Gasteiger partial charge on any atom is -0.455 e. The van der Waals surface area contributed by atoms with Crippen LogP contribution < -0.4 is 0 Å². The highest BCUT2D eigenvalue weighted by molar-refractivity contribution is 7.25. The van der Waals surface area contributed by atoms with E-state index in [4.69, 9.17) is 19.4 Å². The van der Waals surface area contributed by atoms with Gasteiger partial charge in [0.1, 0.15) is 11.2 Å². The molecule has 5 aromatic heterocycles. The number of fused-ring (bicyclic) bond motifs is 13. The molecule has 5 heterocycles. The molecule has 0 unspecified atom stereocenters. The number of hydrogen-bond acceptors (Lipinski definition) is 5. The van der Waals surface area contributed by atoms with Crippen molar-refractivity contribution in [2.75, 3.05) is 0 Å². The minimum absolute atomic E-state index is 0.568. The molecule has 0 spiro atoms. The third kappa shape index (κ3) is 5.82. The van der Waals surface area contributed by atoms with Gasteiger partial charge in [-0.3, -0.25) is 0 Å². The highest BCUT2D eigenvalue weighted by Gasteiger charge is 2.23. The van der Waals surface area contributed by atoms with E-state index in [0.29, 0.717) is 17.5 Å². The maximum atomic E-state index is 6.76. The van der Waals surface area contributed by atoms with E-state index < -0.39 is 0 Å². The van der Waals surface area contributed by atoms with Crippen LogP contribution in [0, 0.1) is 0 Å². The van der Waals surface area contributed by atoms with E-state index in [2.05, 4.69) is 228 Å². The van der Waals surface area contributed by atoms with E-state index in [1.807, 2.05) is 6.07 Å². The number of benzene rings is 10. The third-order valence-electron chi connectivity index (χ3n) is 14.0. The lowest BCUT2D eigenvalue weighted by molar-refractivity contribution is 0.670. The van der Waals surface area contributed by atoms with Crippen LogP contribution in [0.25, 0.3) is 142 Å². The minimum atomic E-state index is 0.568. The molecular weight excluding hydrogens is 875 g/mol. The first-order valence-corrected chi connectivity index (χ1v) is 24.3. The van der Waals surface area contributed by atoms with E-state index in [9.17, 15) is 0 Å². The van der Waals surface area contributed by atoms with Crippen molar-refractivity contribution in [2.24, 2.45) is 0 Å². The van der Waals surface area contributed by atoms with E-state index in [1.54, 1.807) is 11.3 Å². The van der Waals surface area contributed by atoms with E-state index in [0.717, 1.165) is 88.6 Å². The first-order valence-electron chi connectivity index (χ1n) is 23.5. The zero-order valence-corrected chi connectivity index (χ0v) is 38.2. The van der Waals surface area contributed by atoms with Crippen LogP contribution in [0.5, 0.6) is 0 Å². The number of nitrogens with zero attached hydrogens (tertiary/aromatic N) is 5. The number of furan rings is 1. The largest absolute Gasteiger partial charge is 0.455 e. The first-order chi connectivity index (χ1) is 34.7. The molecule has 7 heteroatoms. The van der Waals surface area contributed by atoms with Crippen molar-refractivity contribution in [1.82, 2.24) is 24.1 Å². The topological polar surface area (TPSA) is 61.7 Å². The quantitative estimate of drug-likeness (QED) is 0.167. The van der Waals surface area contributed by atoms with Crippen LogP contribution in [0.1, 0.15) is 0 Å². The Labute approximate surface area is 404 Å². The molecule has 0 fully saturated rings. The van der Waals surface area contributed by atoms with Gasteiger partial charge in [-0.25, -0.2) is 15.0 Å². The average molecular weight is 912 g/mol. The zero-order chi connectivity index (χ0) is 45.9. The molecule has 326 valence electrons. The summed E-state index contributed by atoms with van der Waals surface area (Å²) >= 11 is 1.79. The summed E-state index contributed by atoms with van der Waals surface area (Å²) in [4.78, 5) is 16.1. The fourth-order valence-corrected chi connectivity index (χ4v) is 12.0. The van der Waals surface area contributed by atoms with Gasteiger partial charge in [-0.1, -0.05) is 164 Å². The van der Waals surface area contributed by atoms with Crippen molar-refractivity contribution in [3.05, 3.63) is 224 Å². The van der Waals surface area contributed by atoms with Gasteiger partial charge < -0.3 is 13.6 Å². The van der Waals surface area contributed by atoms with Crippen molar-refractivity contribution in [3.63, 3.8) is 0 Å². The second-order valence-electron chi connectivity index (χ2n) is 17.9. The van der Waals surface area contributed by atoms with Gasteiger partial charge >= 0.3 is 0 Å². The molecule has 0 saturated heterocycles. The van der Waals surface area contributed by atoms with Crippen molar-refractivity contribution < 1.29 is 4.42 Å². The van der Waals surface area contributed by atoms with Crippen molar-refractivity contribution >= 4 is 97.1 Å². The normalized spacial score (nSPS) is 12.0. The fraction of sp³-hybridized carbons (Fsp3) is 0. The lowest BCUT2D eigenvalue weighted by Gasteiger charge is -2.14. The number of thiophene rings is 1. The Balaban J connectivity index is 0.971. The van der Waals surface area contributed by atoms with Crippen LogP contribution in [-0.4, -0.2) is 24.1 Å². The summed E-state index contributed by atoms with van der Waals surface area (Å²) in [6, 6.07) is 79.6. The number of rotatable bonds is 6. The molecule has 0 bridgehead atoms. The molecule has 0 radical (unpaired) electrons. The molecule has 0 aliphatic rings. The predicted octanol–water partition coefficient (Wildman–Crippen LogP) is 17.0. The van der Waals surface area contributed by atoms with Gasteiger partial charge in [-0.05, 0) is 66.2 Å². The summed E-state index contributed by atoms with van der Waals surface area (Å²) in [6.07, 6.45) is 0. The predicted molar refractivity (Wildman–Crippen MR) is 290 cm³/mol. The van der Waals surface area contributed by atoms with Crippen LogP contribution in [0.4, 0.5) is 0 Å². The van der Waals surface area contributed by atoms with Crippen LogP contribution >= 0.6 is 11.3 Å². The lowest BCUT2D eigenvalue weighted by atomic mass is 10.0. The molecule has 15 rings (SSSR count). The molecule has 0 aliphatic carbocycles. The maximum Gasteiger partial charge on any atom is 0.164 e. The van der Waals surface area contributed by atoms with Gasteiger partial charge in [0, 0.05) is 86.1 Å². The van der Waals surface area contributed by atoms with Crippen molar-refractivity contribution in [3.8, 4) is 56.7 Å². The van der Waals surface area contributed by atoms with E-state index in [1.165, 1.54) is 36.3 Å². The molecule has 0 aliphatic heterocycles. The summed E-state index contributed by atoms with van der Waals surface area (Å²) in [5, 5.41) is 9.23. The Morgan fingerprint density at radius 1 is 0.343 bits per heavy atom. The molecule has 15 aromatic rings. The zero-order valence-electron chi connectivity index (χ0n) is 37.4. The van der Waals surface area contributed by atoms with E-state index >= 15 is 0 Å². The number of para-hydroxylation sites is 4. The molecule has 6 nitrogen and oxygen atoms in total. The van der Waals surface area contributed by atoms with Crippen LogP contribution in [0.15, 0.2) is 229 Å². The summed E-state index contributed by atoms with van der Waals surface area (Å²) in [5.41, 5.74) is 13.2. The number of hydrogen-bond donors (Lipinski definition) is 0. The smallest absolute Gasteiger partial charge is 0.164 e. The highest BCUT2D eigenvalue weighted by atomic mass is 32.1. The summed E-state index contributed by atoms with van der Waals surface area (Å²) in [7, 11) is 0. The van der Waals surface area contributed by atoms with E-state index in [-0.39, 0.29) is 0 Å². The average Bonchev–Trinajstić information content (AvgIpc) is 4.19. The maximum absolute atomic E-state index is 6.76. The Kier molecular flexibility index (Phi) is 8.43. The van der Waals surface area contributed by atoms with Gasteiger partial charge in [0.25, 0.3) is 0 Å². The Bertz CT molecular complexity index is 4600. The van der Waals surface area contributed by atoms with Gasteiger partial charge in [-0.2, -0.15) is 0 Å². The van der Waals surface area contributed by atoms with Crippen LogP contribution in [0.3, 0.4) is 0 Å². The van der Waals surface area contributed by atoms with Crippen LogP contribution in [-0.2, 0) is 0 Å². The van der Waals surface area contributed by atoms with Crippen LogP contribution in [0.2, 0.25) is 0 Å². The monoisotopic (exact) mass is 911 g/mol. The summed E-state index contributed by atoms with van der Waals surface area (Å²) in [5.74, 6) is 1.76. The third-order valence-corrected chi connectivity index (χ3v) is 15.1. The Hall–Kier alpha value is -9.17. The Morgan fingerprint density at radius 3 is 1.63 bits per heavy atom. The molecule has 0 saturated carbocycles. The Morgan fingerprint density at radius 2 is 0.871 bits per heavy atom.